The summed E-state index contributed by atoms with van der Waals surface area (Å²) in [4.78, 5) is 37.0. The summed E-state index contributed by atoms with van der Waals surface area (Å²) in [6, 6.07) is 10.8. The summed E-state index contributed by atoms with van der Waals surface area (Å²) in [5, 5.41) is 2.93. The van der Waals surface area contributed by atoms with Crippen LogP contribution in [0.5, 0.6) is 0 Å². The molecule has 2 aromatic rings. The summed E-state index contributed by atoms with van der Waals surface area (Å²) in [7, 11) is 0. The number of carbonyl (C=O) groups excluding carboxylic acids is 1. The Kier molecular flexibility index (Phi) is 7.38. The van der Waals surface area contributed by atoms with Crippen LogP contribution in [0.3, 0.4) is 0 Å². The number of benzene rings is 1. The lowest BCUT2D eigenvalue weighted by atomic mass is 10.0. The van der Waals surface area contributed by atoms with Crippen molar-refractivity contribution in [2.75, 3.05) is 6.54 Å². The molecule has 0 radical (unpaired) electrons. The molecule has 1 amide bonds. The Morgan fingerprint density at radius 2 is 1.89 bits per heavy atom. The molecule has 7 nitrogen and oxygen atoms in total. The molecule has 0 aliphatic heterocycles. The minimum absolute atomic E-state index is 0. The molecule has 27 heavy (non-hydrogen) atoms. The number of halogens is 1. The first-order valence-corrected chi connectivity index (χ1v) is 8.92. The summed E-state index contributed by atoms with van der Waals surface area (Å²) in [6.45, 7) is 0.598. The van der Waals surface area contributed by atoms with Crippen LogP contribution in [-0.4, -0.2) is 27.6 Å². The van der Waals surface area contributed by atoms with Crippen molar-refractivity contribution < 1.29 is 4.79 Å². The van der Waals surface area contributed by atoms with Crippen LogP contribution in [0.4, 0.5) is 0 Å². The molecular formula is C19H25ClN4O3. The van der Waals surface area contributed by atoms with Gasteiger partial charge in [-0.2, -0.15) is 0 Å². The summed E-state index contributed by atoms with van der Waals surface area (Å²) in [5.41, 5.74) is 5.72. The fourth-order valence-electron chi connectivity index (χ4n) is 3.51. The zero-order valence-electron chi connectivity index (χ0n) is 15.0. The van der Waals surface area contributed by atoms with Gasteiger partial charge < -0.3 is 11.1 Å². The Morgan fingerprint density at radius 1 is 1.15 bits per heavy atom. The summed E-state index contributed by atoms with van der Waals surface area (Å²) in [5.74, 6) is -0.0619. The number of amides is 1. The van der Waals surface area contributed by atoms with Crippen molar-refractivity contribution in [2.24, 2.45) is 11.7 Å². The van der Waals surface area contributed by atoms with Gasteiger partial charge in [0.2, 0.25) is 5.91 Å². The molecular weight excluding hydrogens is 368 g/mol. The molecule has 3 N–H and O–H groups in total. The monoisotopic (exact) mass is 392 g/mol. The predicted molar refractivity (Wildman–Crippen MR) is 106 cm³/mol. The molecule has 1 fully saturated rings. The first kappa shape index (κ1) is 20.9. The van der Waals surface area contributed by atoms with E-state index >= 15 is 0 Å². The van der Waals surface area contributed by atoms with Crippen molar-refractivity contribution >= 4 is 18.3 Å². The quantitative estimate of drug-likeness (QED) is 0.756. The van der Waals surface area contributed by atoms with Crippen LogP contribution >= 0.6 is 12.4 Å². The molecule has 1 saturated carbocycles. The predicted octanol–water partition coefficient (Wildman–Crippen LogP) is 0.724. The summed E-state index contributed by atoms with van der Waals surface area (Å²) >= 11 is 0. The standard InChI is InChI=1S/C19H24N4O3.ClH/c20-11-15-7-4-8-16(15)21-17(24)13-23-18(25)9-10-22(19(23)26)12-14-5-2-1-3-6-14;/h1-3,5-6,9-10,15-16H,4,7-8,11-13,20H2,(H,21,24);1H. The molecule has 1 aromatic heterocycles. The Labute approximate surface area is 163 Å². The number of nitrogens with zero attached hydrogens (tertiary/aromatic N) is 2. The van der Waals surface area contributed by atoms with Gasteiger partial charge in [0.1, 0.15) is 6.54 Å². The van der Waals surface area contributed by atoms with Gasteiger partial charge in [0.05, 0.1) is 6.54 Å². The van der Waals surface area contributed by atoms with E-state index in [0.717, 1.165) is 29.4 Å². The largest absolute Gasteiger partial charge is 0.351 e. The minimum atomic E-state index is -0.488. The van der Waals surface area contributed by atoms with Crippen LogP contribution < -0.4 is 22.3 Å². The Morgan fingerprint density at radius 3 is 2.59 bits per heavy atom. The third kappa shape index (κ3) is 5.08. The van der Waals surface area contributed by atoms with E-state index in [1.54, 1.807) is 0 Å². The van der Waals surface area contributed by atoms with Crippen LogP contribution in [0, 0.1) is 5.92 Å². The van der Waals surface area contributed by atoms with E-state index in [9.17, 15) is 14.4 Å². The van der Waals surface area contributed by atoms with Crippen LogP contribution in [-0.2, 0) is 17.9 Å². The van der Waals surface area contributed by atoms with Gasteiger partial charge in [-0.25, -0.2) is 4.79 Å². The van der Waals surface area contributed by atoms with Crippen molar-refractivity contribution in [3.05, 3.63) is 69.0 Å². The third-order valence-electron chi connectivity index (χ3n) is 4.95. The van der Waals surface area contributed by atoms with Crippen molar-refractivity contribution in [3.63, 3.8) is 0 Å². The second-order valence-corrected chi connectivity index (χ2v) is 6.74. The van der Waals surface area contributed by atoms with Crippen molar-refractivity contribution in [1.82, 2.24) is 14.5 Å². The highest BCUT2D eigenvalue weighted by atomic mass is 35.5. The van der Waals surface area contributed by atoms with Crippen molar-refractivity contribution in [2.45, 2.75) is 38.4 Å². The maximum Gasteiger partial charge on any atom is 0.331 e. The highest BCUT2D eigenvalue weighted by Crippen LogP contribution is 2.24. The molecule has 1 heterocycles. The first-order chi connectivity index (χ1) is 12.6. The van der Waals surface area contributed by atoms with E-state index in [0.29, 0.717) is 13.1 Å². The molecule has 8 heteroatoms. The van der Waals surface area contributed by atoms with Crippen LogP contribution in [0.25, 0.3) is 0 Å². The lowest BCUT2D eigenvalue weighted by Gasteiger charge is -2.19. The number of aromatic nitrogens is 2. The normalized spacial score (nSPS) is 18.7. The number of carbonyl (C=O) groups is 1. The average molecular weight is 393 g/mol. The second kappa shape index (κ2) is 9.53. The molecule has 0 saturated heterocycles. The number of rotatable bonds is 6. The summed E-state index contributed by atoms with van der Waals surface area (Å²) in [6.07, 6.45) is 4.38. The van der Waals surface area contributed by atoms with Gasteiger partial charge in [0.15, 0.2) is 0 Å². The fraction of sp³-hybridized carbons (Fsp3) is 0.421. The molecule has 2 unspecified atom stereocenters. The highest BCUT2D eigenvalue weighted by molar-refractivity contribution is 5.85. The van der Waals surface area contributed by atoms with Crippen LogP contribution in [0.2, 0.25) is 0 Å². The average Bonchev–Trinajstić information content (AvgIpc) is 3.09. The van der Waals surface area contributed by atoms with Gasteiger partial charge in [0, 0.05) is 18.3 Å². The van der Waals surface area contributed by atoms with E-state index in [1.165, 1.54) is 16.8 Å². The van der Waals surface area contributed by atoms with Crippen molar-refractivity contribution in [1.29, 1.82) is 0 Å². The molecule has 1 aromatic carbocycles. The minimum Gasteiger partial charge on any atom is -0.351 e. The Bertz CT molecular complexity index is 879. The number of nitrogens with one attached hydrogen (secondary N) is 1. The maximum absolute atomic E-state index is 12.6. The van der Waals surface area contributed by atoms with Crippen molar-refractivity contribution in [3.8, 4) is 0 Å². The van der Waals surface area contributed by atoms with Gasteiger partial charge >= 0.3 is 5.69 Å². The smallest absolute Gasteiger partial charge is 0.331 e. The molecule has 1 aliphatic rings. The van der Waals surface area contributed by atoms with E-state index < -0.39 is 11.2 Å². The van der Waals surface area contributed by atoms with Crippen LogP contribution in [0.1, 0.15) is 24.8 Å². The van der Waals surface area contributed by atoms with Gasteiger partial charge in [-0.05, 0) is 30.9 Å². The topological polar surface area (TPSA) is 99.1 Å². The van der Waals surface area contributed by atoms with E-state index in [1.807, 2.05) is 30.3 Å². The SMILES string of the molecule is Cl.NCC1CCCC1NC(=O)Cn1c(=O)ccn(Cc2ccccc2)c1=O. The summed E-state index contributed by atoms with van der Waals surface area (Å²) < 4.78 is 2.41. The van der Waals surface area contributed by atoms with E-state index in [2.05, 4.69) is 5.32 Å². The van der Waals surface area contributed by atoms with Gasteiger partial charge in [-0.15, -0.1) is 12.4 Å². The highest BCUT2D eigenvalue weighted by Gasteiger charge is 2.27. The molecule has 146 valence electrons. The number of nitrogens with two attached hydrogens (primary N) is 1. The first-order valence-electron chi connectivity index (χ1n) is 8.92. The zero-order chi connectivity index (χ0) is 18.5. The molecule has 3 rings (SSSR count). The van der Waals surface area contributed by atoms with Gasteiger partial charge in [-0.3, -0.25) is 18.7 Å². The Hall–Kier alpha value is -2.38. The molecule has 0 spiro atoms. The van der Waals surface area contributed by atoms with Crippen LogP contribution in [0.15, 0.2) is 52.2 Å². The molecule has 0 bridgehead atoms. The number of hydrogen-bond donors (Lipinski definition) is 2. The Balaban J connectivity index is 0.00000261. The van der Waals surface area contributed by atoms with Gasteiger partial charge in [0.25, 0.3) is 5.56 Å². The maximum atomic E-state index is 12.6. The fourth-order valence-corrected chi connectivity index (χ4v) is 3.51. The third-order valence-corrected chi connectivity index (χ3v) is 4.95. The molecule has 1 aliphatic carbocycles. The van der Waals surface area contributed by atoms with E-state index in [4.69, 9.17) is 5.73 Å². The zero-order valence-corrected chi connectivity index (χ0v) is 15.9. The molecule has 2 atom stereocenters. The van der Waals surface area contributed by atoms with E-state index in [-0.39, 0.29) is 36.8 Å². The lowest BCUT2D eigenvalue weighted by Crippen LogP contribution is -2.46. The second-order valence-electron chi connectivity index (χ2n) is 6.74. The lowest BCUT2D eigenvalue weighted by molar-refractivity contribution is -0.122. The van der Waals surface area contributed by atoms with Gasteiger partial charge in [-0.1, -0.05) is 36.8 Å². The number of hydrogen-bond acceptors (Lipinski definition) is 4.